The van der Waals surface area contributed by atoms with Crippen molar-refractivity contribution in [1.82, 2.24) is 0 Å². The highest BCUT2D eigenvalue weighted by Crippen LogP contribution is 2.35. The third-order valence-corrected chi connectivity index (χ3v) is 4.51. The molecule has 0 N–H and O–H groups in total. The Labute approximate surface area is 127 Å². The number of ketones is 1. The van der Waals surface area contributed by atoms with Gasteiger partial charge in [-0.1, -0.05) is 20.8 Å². The van der Waals surface area contributed by atoms with Crippen LogP contribution in [0, 0.1) is 5.92 Å². The minimum atomic E-state index is 0.0929. The van der Waals surface area contributed by atoms with Gasteiger partial charge in [-0.05, 0) is 49.9 Å². The Morgan fingerprint density at radius 1 is 1.24 bits per heavy atom. The van der Waals surface area contributed by atoms with Gasteiger partial charge in [0.2, 0.25) is 5.91 Å². The fraction of sp³-hybridized carbons (Fsp3) is 0.556. The summed E-state index contributed by atoms with van der Waals surface area (Å²) in [6.45, 7) is 8.09. The van der Waals surface area contributed by atoms with Crippen molar-refractivity contribution in [3.63, 3.8) is 0 Å². The third-order valence-electron chi connectivity index (χ3n) is 4.51. The lowest BCUT2D eigenvalue weighted by atomic mass is 10.0. The first-order chi connectivity index (χ1) is 10.0. The molecule has 114 valence electrons. The molecule has 0 aliphatic carbocycles. The van der Waals surface area contributed by atoms with Gasteiger partial charge in [-0.2, -0.15) is 0 Å². The molecule has 1 aliphatic rings. The molecule has 0 aromatic heterocycles. The maximum atomic E-state index is 12.7. The number of Topliss-reactive ketones (excluding diaryl/α,β-unsaturated/α-hetero) is 1. The van der Waals surface area contributed by atoms with Crippen LogP contribution < -0.4 is 4.90 Å². The van der Waals surface area contributed by atoms with Gasteiger partial charge >= 0.3 is 0 Å². The zero-order valence-electron chi connectivity index (χ0n) is 13.5. The maximum Gasteiger partial charge on any atom is 0.230 e. The summed E-state index contributed by atoms with van der Waals surface area (Å²) in [4.78, 5) is 26.5. The first kappa shape index (κ1) is 15.7. The second-order valence-electron chi connectivity index (χ2n) is 5.90. The van der Waals surface area contributed by atoms with Crippen LogP contribution in [0.25, 0.3) is 0 Å². The number of amides is 1. The topological polar surface area (TPSA) is 37.4 Å². The Hall–Kier alpha value is -1.64. The van der Waals surface area contributed by atoms with E-state index in [2.05, 4.69) is 20.8 Å². The number of fused-ring (bicyclic) bond motifs is 1. The van der Waals surface area contributed by atoms with E-state index in [-0.39, 0.29) is 23.7 Å². The number of carbonyl (C=O) groups is 2. The molecule has 1 aromatic rings. The predicted octanol–water partition coefficient (Wildman–Crippen LogP) is 3.99. The van der Waals surface area contributed by atoms with Gasteiger partial charge in [0.25, 0.3) is 0 Å². The van der Waals surface area contributed by atoms with Crippen molar-refractivity contribution < 1.29 is 9.59 Å². The predicted molar refractivity (Wildman–Crippen MR) is 85.8 cm³/mol. The van der Waals surface area contributed by atoms with Gasteiger partial charge in [0.1, 0.15) is 0 Å². The zero-order chi connectivity index (χ0) is 15.6. The smallest absolute Gasteiger partial charge is 0.230 e. The van der Waals surface area contributed by atoms with Crippen molar-refractivity contribution >= 4 is 17.4 Å². The van der Waals surface area contributed by atoms with Gasteiger partial charge < -0.3 is 4.90 Å². The van der Waals surface area contributed by atoms with Crippen molar-refractivity contribution in [1.29, 1.82) is 0 Å². The number of carbonyl (C=O) groups excluding carboxylic acids is 2. The molecule has 1 aromatic carbocycles. The van der Waals surface area contributed by atoms with Crippen LogP contribution in [0.1, 0.15) is 62.9 Å². The van der Waals surface area contributed by atoms with E-state index in [1.54, 1.807) is 0 Å². The summed E-state index contributed by atoms with van der Waals surface area (Å²) in [5.41, 5.74) is 2.88. The van der Waals surface area contributed by atoms with Crippen LogP contribution >= 0.6 is 0 Å². The largest absolute Gasteiger partial charge is 0.309 e. The highest BCUT2D eigenvalue weighted by molar-refractivity contribution is 6.00. The quantitative estimate of drug-likeness (QED) is 0.768. The number of benzene rings is 1. The number of nitrogens with zero attached hydrogens (tertiary/aromatic N) is 1. The van der Waals surface area contributed by atoms with Gasteiger partial charge in [0.05, 0.1) is 0 Å². The summed E-state index contributed by atoms with van der Waals surface area (Å²) in [7, 11) is 0. The van der Waals surface area contributed by atoms with E-state index >= 15 is 0 Å². The van der Waals surface area contributed by atoms with Gasteiger partial charge in [-0.15, -0.1) is 0 Å². The first-order valence-corrected chi connectivity index (χ1v) is 8.02. The monoisotopic (exact) mass is 287 g/mol. The van der Waals surface area contributed by atoms with Gasteiger partial charge in [0, 0.05) is 29.6 Å². The van der Waals surface area contributed by atoms with E-state index in [0.717, 1.165) is 36.1 Å². The lowest BCUT2D eigenvalue weighted by Crippen LogP contribution is -2.39. The number of hydrogen-bond donors (Lipinski definition) is 0. The summed E-state index contributed by atoms with van der Waals surface area (Å²) in [6.07, 6.45) is 3.11. The molecule has 0 radical (unpaired) electrons. The van der Waals surface area contributed by atoms with Crippen LogP contribution in [0.2, 0.25) is 0 Å². The van der Waals surface area contributed by atoms with Crippen molar-refractivity contribution in [2.75, 3.05) is 4.90 Å². The number of anilines is 1. The molecular weight excluding hydrogens is 262 g/mol. The Kier molecular flexibility index (Phi) is 4.81. The first-order valence-electron chi connectivity index (χ1n) is 8.02. The van der Waals surface area contributed by atoms with Gasteiger partial charge in [-0.3, -0.25) is 9.59 Å². The summed E-state index contributed by atoms with van der Waals surface area (Å²) >= 11 is 0. The number of rotatable bonds is 5. The SMILES string of the molecule is CCC(=O)c1ccc2c(c1)CC(C)N2C(=O)C(CC)CC. The lowest BCUT2D eigenvalue weighted by Gasteiger charge is -2.26. The van der Waals surface area contributed by atoms with Crippen LogP contribution in [0.5, 0.6) is 0 Å². The number of hydrogen-bond acceptors (Lipinski definition) is 2. The molecule has 0 saturated heterocycles. The molecule has 3 nitrogen and oxygen atoms in total. The van der Waals surface area contributed by atoms with Crippen LogP contribution in [0.3, 0.4) is 0 Å². The van der Waals surface area contributed by atoms with Crippen LogP contribution in [-0.4, -0.2) is 17.7 Å². The Morgan fingerprint density at radius 3 is 2.48 bits per heavy atom. The molecule has 3 heteroatoms. The second-order valence-corrected chi connectivity index (χ2v) is 5.90. The van der Waals surface area contributed by atoms with Crippen molar-refractivity contribution in [3.8, 4) is 0 Å². The maximum absolute atomic E-state index is 12.7. The molecule has 0 saturated carbocycles. The van der Waals surface area contributed by atoms with Crippen LogP contribution in [0.4, 0.5) is 5.69 Å². The van der Waals surface area contributed by atoms with Gasteiger partial charge in [0.15, 0.2) is 5.78 Å². The minimum absolute atomic E-state index is 0.0929. The van der Waals surface area contributed by atoms with Crippen molar-refractivity contribution in [3.05, 3.63) is 29.3 Å². The summed E-state index contributed by atoms with van der Waals surface area (Å²) < 4.78 is 0. The van der Waals surface area contributed by atoms with Crippen molar-refractivity contribution in [2.45, 2.75) is 59.4 Å². The Balaban J connectivity index is 2.33. The normalized spacial score (nSPS) is 17.2. The van der Waals surface area contributed by atoms with E-state index in [1.807, 2.05) is 30.0 Å². The Morgan fingerprint density at radius 2 is 1.90 bits per heavy atom. The molecule has 1 amide bonds. The Bertz CT molecular complexity index is 546. The summed E-state index contributed by atoms with van der Waals surface area (Å²) in [5.74, 6) is 0.478. The lowest BCUT2D eigenvalue weighted by molar-refractivity contribution is -0.122. The van der Waals surface area contributed by atoms with Crippen LogP contribution in [0.15, 0.2) is 18.2 Å². The molecule has 0 fully saturated rings. The van der Waals surface area contributed by atoms with E-state index in [1.165, 1.54) is 0 Å². The fourth-order valence-corrected chi connectivity index (χ4v) is 3.18. The van der Waals surface area contributed by atoms with E-state index in [4.69, 9.17) is 0 Å². The van der Waals surface area contributed by atoms with E-state index < -0.39 is 0 Å². The fourth-order valence-electron chi connectivity index (χ4n) is 3.18. The van der Waals surface area contributed by atoms with Gasteiger partial charge in [-0.25, -0.2) is 0 Å². The summed E-state index contributed by atoms with van der Waals surface area (Å²) in [5, 5.41) is 0. The molecule has 1 heterocycles. The zero-order valence-corrected chi connectivity index (χ0v) is 13.5. The second kappa shape index (κ2) is 6.42. The molecule has 1 atom stereocenters. The average molecular weight is 287 g/mol. The molecule has 0 bridgehead atoms. The molecule has 0 spiro atoms. The van der Waals surface area contributed by atoms with Crippen molar-refractivity contribution in [2.24, 2.45) is 5.92 Å². The highest BCUT2D eigenvalue weighted by Gasteiger charge is 2.33. The summed E-state index contributed by atoms with van der Waals surface area (Å²) in [6, 6.07) is 5.95. The highest BCUT2D eigenvalue weighted by atomic mass is 16.2. The minimum Gasteiger partial charge on any atom is -0.309 e. The molecule has 1 unspecified atom stereocenters. The average Bonchev–Trinajstić information content (AvgIpc) is 2.82. The molecule has 1 aliphatic heterocycles. The molecule has 21 heavy (non-hydrogen) atoms. The molecule has 2 rings (SSSR count). The standard InChI is InChI=1S/C18H25NO2/c1-5-13(6-2)18(21)19-12(4)10-15-11-14(17(20)7-3)8-9-16(15)19/h8-9,11-13H,5-7,10H2,1-4H3. The van der Waals surface area contributed by atoms with Crippen LogP contribution in [-0.2, 0) is 11.2 Å². The third kappa shape index (κ3) is 2.87. The van der Waals surface area contributed by atoms with E-state index in [9.17, 15) is 9.59 Å². The van der Waals surface area contributed by atoms with E-state index in [0.29, 0.717) is 6.42 Å². The molecular formula is C18H25NO2.